The van der Waals surface area contributed by atoms with Crippen molar-refractivity contribution in [2.75, 3.05) is 13.6 Å². The Morgan fingerprint density at radius 1 is 1.39 bits per heavy atom. The molecule has 2 heterocycles. The van der Waals surface area contributed by atoms with E-state index < -0.39 is 0 Å². The van der Waals surface area contributed by atoms with Gasteiger partial charge in [-0.3, -0.25) is 9.78 Å². The van der Waals surface area contributed by atoms with E-state index in [0.717, 1.165) is 12.0 Å². The zero-order valence-corrected chi connectivity index (χ0v) is 10.5. The zero-order chi connectivity index (χ0) is 13.0. The Balaban J connectivity index is 1.92. The van der Waals surface area contributed by atoms with E-state index in [-0.39, 0.29) is 11.7 Å². The smallest absolute Gasteiger partial charge is 0.291 e. The molecule has 0 radical (unpaired) electrons. The lowest BCUT2D eigenvalue weighted by Gasteiger charge is -2.15. The molecule has 2 rings (SSSR count). The predicted molar refractivity (Wildman–Crippen MR) is 66.1 cm³/mol. The Labute approximate surface area is 105 Å². The van der Waals surface area contributed by atoms with Crippen LogP contribution in [0, 0.1) is 6.92 Å². The number of nitrogens with zero attached hydrogens (tertiary/aromatic N) is 3. The second kappa shape index (κ2) is 5.44. The van der Waals surface area contributed by atoms with Gasteiger partial charge in [-0.05, 0) is 24.1 Å². The number of aromatic nitrogens is 2. The topological polar surface area (TPSA) is 59.2 Å². The normalized spacial score (nSPS) is 10.3. The molecule has 94 valence electrons. The van der Waals surface area contributed by atoms with Crippen LogP contribution in [0.15, 0.2) is 35.1 Å². The van der Waals surface area contributed by atoms with E-state index in [2.05, 4.69) is 9.97 Å². The van der Waals surface area contributed by atoms with Crippen LogP contribution in [0.3, 0.4) is 0 Å². The number of oxazole rings is 1. The van der Waals surface area contributed by atoms with Gasteiger partial charge in [-0.1, -0.05) is 0 Å². The highest BCUT2D eigenvalue weighted by Crippen LogP contribution is 2.06. The average molecular weight is 245 g/mol. The van der Waals surface area contributed by atoms with Gasteiger partial charge in [-0.15, -0.1) is 0 Å². The van der Waals surface area contributed by atoms with Crippen molar-refractivity contribution in [1.82, 2.24) is 14.9 Å². The van der Waals surface area contributed by atoms with Crippen LogP contribution in [0.2, 0.25) is 0 Å². The third-order valence-corrected chi connectivity index (χ3v) is 2.66. The van der Waals surface area contributed by atoms with Gasteiger partial charge >= 0.3 is 0 Å². The summed E-state index contributed by atoms with van der Waals surface area (Å²) in [4.78, 5) is 21.5. The summed E-state index contributed by atoms with van der Waals surface area (Å²) in [6.45, 7) is 2.34. The van der Waals surface area contributed by atoms with Crippen molar-refractivity contribution < 1.29 is 9.21 Å². The van der Waals surface area contributed by atoms with Gasteiger partial charge in [-0.2, -0.15) is 0 Å². The summed E-state index contributed by atoms with van der Waals surface area (Å²) in [5.74, 6) is 0.635. The van der Waals surface area contributed by atoms with E-state index in [4.69, 9.17) is 4.42 Å². The highest BCUT2D eigenvalue weighted by Gasteiger charge is 2.15. The fraction of sp³-hybridized carbons (Fsp3) is 0.308. The number of hydrogen-bond donors (Lipinski definition) is 0. The largest absolute Gasteiger partial charge is 0.436 e. The highest BCUT2D eigenvalue weighted by molar-refractivity contribution is 5.90. The molecule has 0 N–H and O–H groups in total. The summed E-state index contributed by atoms with van der Waals surface area (Å²) in [7, 11) is 1.75. The van der Waals surface area contributed by atoms with E-state index in [1.807, 2.05) is 12.1 Å². The molecule has 5 nitrogen and oxygen atoms in total. The summed E-state index contributed by atoms with van der Waals surface area (Å²) < 4.78 is 5.21. The van der Waals surface area contributed by atoms with Crippen molar-refractivity contribution >= 4 is 5.91 Å². The second-order valence-electron chi connectivity index (χ2n) is 4.08. The summed E-state index contributed by atoms with van der Waals surface area (Å²) in [5.41, 5.74) is 1.15. The van der Waals surface area contributed by atoms with E-state index in [0.29, 0.717) is 12.4 Å². The first kappa shape index (κ1) is 12.3. The second-order valence-corrected chi connectivity index (χ2v) is 4.08. The van der Waals surface area contributed by atoms with Crippen LogP contribution in [0.5, 0.6) is 0 Å². The minimum atomic E-state index is -0.148. The van der Waals surface area contributed by atoms with Crippen molar-refractivity contribution in [2.45, 2.75) is 13.3 Å². The summed E-state index contributed by atoms with van der Waals surface area (Å²) in [5, 5.41) is 0. The van der Waals surface area contributed by atoms with Crippen molar-refractivity contribution in [3.05, 3.63) is 47.9 Å². The lowest BCUT2D eigenvalue weighted by atomic mass is 10.2. The molecule has 0 saturated heterocycles. The Hall–Kier alpha value is -2.17. The number of carbonyl (C=O) groups is 1. The highest BCUT2D eigenvalue weighted by atomic mass is 16.4. The molecule has 0 unspecified atom stereocenters. The zero-order valence-electron chi connectivity index (χ0n) is 10.5. The third-order valence-electron chi connectivity index (χ3n) is 2.66. The van der Waals surface area contributed by atoms with E-state index in [9.17, 15) is 4.79 Å². The lowest BCUT2D eigenvalue weighted by molar-refractivity contribution is 0.0764. The van der Waals surface area contributed by atoms with Gasteiger partial charge in [0.1, 0.15) is 0 Å². The van der Waals surface area contributed by atoms with Crippen molar-refractivity contribution in [1.29, 1.82) is 0 Å². The van der Waals surface area contributed by atoms with Crippen molar-refractivity contribution in [3.8, 4) is 0 Å². The SMILES string of the molecule is Cc1ncc(C(=O)N(C)CCc2ccncc2)o1. The molecule has 5 heteroatoms. The van der Waals surface area contributed by atoms with Gasteiger partial charge in [0, 0.05) is 32.9 Å². The number of rotatable bonds is 4. The Morgan fingerprint density at radius 2 is 2.11 bits per heavy atom. The number of aryl methyl sites for hydroxylation is 1. The third kappa shape index (κ3) is 2.94. The number of amides is 1. The summed E-state index contributed by atoms with van der Waals surface area (Å²) in [6, 6.07) is 3.88. The van der Waals surface area contributed by atoms with Crippen LogP contribution >= 0.6 is 0 Å². The minimum Gasteiger partial charge on any atom is -0.436 e. The van der Waals surface area contributed by atoms with E-state index in [1.165, 1.54) is 6.20 Å². The molecule has 2 aromatic rings. The monoisotopic (exact) mass is 245 g/mol. The van der Waals surface area contributed by atoms with Crippen LogP contribution in [-0.4, -0.2) is 34.4 Å². The van der Waals surface area contributed by atoms with Crippen molar-refractivity contribution in [2.24, 2.45) is 0 Å². The molecule has 0 aliphatic carbocycles. The number of likely N-dealkylation sites (N-methyl/N-ethyl adjacent to an activating group) is 1. The van der Waals surface area contributed by atoms with Crippen LogP contribution < -0.4 is 0 Å². The molecule has 0 fully saturated rings. The molecular weight excluding hydrogens is 230 g/mol. The molecule has 0 spiro atoms. The van der Waals surface area contributed by atoms with Gasteiger partial charge in [0.15, 0.2) is 5.89 Å². The predicted octanol–water partition coefficient (Wildman–Crippen LogP) is 1.69. The van der Waals surface area contributed by atoms with Crippen LogP contribution in [0.4, 0.5) is 0 Å². The summed E-state index contributed by atoms with van der Waals surface area (Å²) in [6.07, 6.45) is 5.74. The van der Waals surface area contributed by atoms with Crippen LogP contribution in [0.25, 0.3) is 0 Å². The molecule has 0 bridgehead atoms. The number of carbonyl (C=O) groups excluding carboxylic acids is 1. The Bertz CT molecular complexity index is 522. The first-order valence-electron chi connectivity index (χ1n) is 5.73. The van der Waals surface area contributed by atoms with Gasteiger partial charge in [0.2, 0.25) is 5.76 Å². The van der Waals surface area contributed by atoms with E-state index >= 15 is 0 Å². The molecule has 0 aliphatic heterocycles. The number of pyridine rings is 1. The minimum absolute atomic E-state index is 0.148. The maximum atomic E-state index is 12.0. The average Bonchev–Trinajstić information content (AvgIpc) is 2.83. The molecule has 2 aromatic heterocycles. The fourth-order valence-corrected chi connectivity index (χ4v) is 1.60. The standard InChI is InChI=1S/C13H15N3O2/c1-10-15-9-12(18-10)13(17)16(2)8-5-11-3-6-14-7-4-11/h3-4,6-7,9H,5,8H2,1-2H3. The first-order valence-corrected chi connectivity index (χ1v) is 5.73. The van der Waals surface area contributed by atoms with Gasteiger partial charge in [0.05, 0.1) is 6.20 Å². The maximum Gasteiger partial charge on any atom is 0.291 e. The van der Waals surface area contributed by atoms with Gasteiger partial charge in [-0.25, -0.2) is 4.98 Å². The first-order chi connectivity index (χ1) is 8.66. The molecular formula is C13H15N3O2. The van der Waals surface area contributed by atoms with Crippen LogP contribution in [-0.2, 0) is 6.42 Å². The van der Waals surface area contributed by atoms with Crippen LogP contribution in [0.1, 0.15) is 22.0 Å². The van der Waals surface area contributed by atoms with Gasteiger partial charge < -0.3 is 9.32 Å². The molecule has 18 heavy (non-hydrogen) atoms. The maximum absolute atomic E-state index is 12.0. The number of hydrogen-bond acceptors (Lipinski definition) is 4. The summed E-state index contributed by atoms with van der Waals surface area (Å²) >= 11 is 0. The van der Waals surface area contributed by atoms with E-state index in [1.54, 1.807) is 31.3 Å². The quantitative estimate of drug-likeness (QED) is 0.822. The molecule has 1 amide bonds. The fourth-order valence-electron chi connectivity index (χ4n) is 1.60. The molecule has 0 aromatic carbocycles. The lowest BCUT2D eigenvalue weighted by Crippen LogP contribution is -2.28. The molecule has 0 atom stereocenters. The van der Waals surface area contributed by atoms with Crippen molar-refractivity contribution in [3.63, 3.8) is 0 Å². The van der Waals surface area contributed by atoms with Gasteiger partial charge in [0.25, 0.3) is 5.91 Å². The Kier molecular flexibility index (Phi) is 3.72. The molecule has 0 saturated carbocycles. The Morgan fingerprint density at radius 3 is 2.72 bits per heavy atom. The molecule has 0 aliphatic rings.